The lowest BCUT2D eigenvalue weighted by Gasteiger charge is -2.57. The van der Waals surface area contributed by atoms with Crippen molar-refractivity contribution in [3.05, 3.63) is 59.2 Å². The zero-order chi connectivity index (χ0) is 18.3. The van der Waals surface area contributed by atoms with Gasteiger partial charge in [-0.2, -0.15) is 0 Å². The summed E-state index contributed by atoms with van der Waals surface area (Å²) in [4.78, 5) is 13.2. The third-order valence-electron chi connectivity index (χ3n) is 7.98. The zero-order valence-corrected chi connectivity index (χ0v) is 16.3. The van der Waals surface area contributed by atoms with Crippen molar-refractivity contribution in [3.63, 3.8) is 0 Å². The molecule has 1 heteroatoms. The smallest absolute Gasteiger partial charge is 0.139 e. The van der Waals surface area contributed by atoms with Crippen LogP contribution < -0.4 is 0 Å². The molecule has 0 aliphatic heterocycles. The number of rotatable bonds is 1. The quantitative estimate of drug-likeness (QED) is 0.556. The van der Waals surface area contributed by atoms with Crippen LogP contribution in [0.3, 0.4) is 0 Å². The normalized spacial score (nSPS) is 38.2. The molecule has 4 aliphatic carbocycles. The van der Waals surface area contributed by atoms with Gasteiger partial charge in [0.05, 0.1) is 0 Å². The molecule has 4 fully saturated rings. The molecule has 4 saturated carbocycles. The molecule has 0 heterocycles. The Kier molecular flexibility index (Phi) is 3.19. The second-order valence-electron chi connectivity index (χ2n) is 9.76. The molecule has 0 N–H and O–H groups in total. The standard InChI is InChI=1S/C25H28O/c1-15(2)19-13-24(3)14-25(4)21(26)12-20(24)22(19)23(25)18-11-7-9-16-8-5-6-10-17(16)18/h5-11,20,22-23H,12-14H2,1-4H3/t20-,22-,23+,24-,25+/m1/s1. The Morgan fingerprint density at radius 2 is 1.77 bits per heavy atom. The maximum atomic E-state index is 13.2. The number of fused-ring (bicyclic) bond motifs is 2. The summed E-state index contributed by atoms with van der Waals surface area (Å²) in [5, 5.41) is 2.63. The second kappa shape index (κ2) is 5.09. The Labute approximate surface area is 156 Å². The highest BCUT2D eigenvalue weighted by atomic mass is 16.1. The number of hydrogen-bond donors (Lipinski definition) is 0. The van der Waals surface area contributed by atoms with E-state index in [1.165, 1.54) is 28.3 Å². The fourth-order valence-electron chi connectivity index (χ4n) is 6.98. The summed E-state index contributed by atoms with van der Waals surface area (Å²) in [5.74, 6) is 1.88. The second-order valence-corrected chi connectivity index (χ2v) is 9.76. The van der Waals surface area contributed by atoms with Gasteiger partial charge in [0.1, 0.15) is 5.78 Å². The van der Waals surface area contributed by atoms with Crippen LogP contribution in [0.25, 0.3) is 10.8 Å². The van der Waals surface area contributed by atoms with Crippen molar-refractivity contribution in [1.29, 1.82) is 0 Å². The van der Waals surface area contributed by atoms with Crippen LogP contribution in [0.1, 0.15) is 58.4 Å². The van der Waals surface area contributed by atoms with Crippen LogP contribution >= 0.6 is 0 Å². The summed E-state index contributed by atoms with van der Waals surface area (Å²) in [7, 11) is 0. The molecular formula is C25H28O. The Morgan fingerprint density at radius 1 is 1.04 bits per heavy atom. The number of carbonyl (C=O) groups is 1. The molecule has 4 aliphatic rings. The molecule has 0 saturated heterocycles. The summed E-state index contributed by atoms with van der Waals surface area (Å²) in [6, 6.07) is 15.4. The number of allylic oxidation sites excluding steroid dienone is 2. The van der Waals surface area contributed by atoms with E-state index in [2.05, 4.69) is 70.2 Å². The van der Waals surface area contributed by atoms with Crippen LogP contribution in [0.5, 0.6) is 0 Å². The van der Waals surface area contributed by atoms with E-state index in [1.54, 1.807) is 5.57 Å². The van der Waals surface area contributed by atoms with Crippen LogP contribution in [0, 0.1) is 22.7 Å². The van der Waals surface area contributed by atoms with Crippen molar-refractivity contribution < 1.29 is 4.79 Å². The van der Waals surface area contributed by atoms with Crippen molar-refractivity contribution in [2.24, 2.45) is 22.7 Å². The average molecular weight is 344 g/mol. The third-order valence-corrected chi connectivity index (χ3v) is 7.98. The summed E-state index contributed by atoms with van der Waals surface area (Å²) < 4.78 is 0. The lowest BCUT2D eigenvalue weighted by Crippen LogP contribution is -2.55. The van der Waals surface area contributed by atoms with Crippen molar-refractivity contribution in [3.8, 4) is 0 Å². The van der Waals surface area contributed by atoms with E-state index in [4.69, 9.17) is 0 Å². The first-order valence-corrected chi connectivity index (χ1v) is 10.0. The van der Waals surface area contributed by atoms with E-state index in [0.717, 1.165) is 12.8 Å². The highest BCUT2D eigenvalue weighted by Gasteiger charge is 2.67. The van der Waals surface area contributed by atoms with Gasteiger partial charge in [-0.3, -0.25) is 4.79 Å². The van der Waals surface area contributed by atoms with Gasteiger partial charge in [0, 0.05) is 17.8 Å². The van der Waals surface area contributed by atoms with Gasteiger partial charge in [0.25, 0.3) is 0 Å². The van der Waals surface area contributed by atoms with E-state index in [1.807, 2.05) is 0 Å². The summed E-state index contributed by atoms with van der Waals surface area (Å²) in [6.45, 7) is 9.27. The molecule has 0 aromatic heterocycles. The predicted octanol–water partition coefficient (Wildman–Crippen LogP) is 6.29. The van der Waals surface area contributed by atoms with Crippen LogP contribution in [-0.2, 0) is 4.79 Å². The van der Waals surface area contributed by atoms with Crippen LogP contribution in [0.2, 0.25) is 0 Å². The number of carbonyl (C=O) groups excluding carboxylic acids is 1. The van der Waals surface area contributed by atoms with Gasteiger partial charge in [-0.25, -0.2) is 0 Å². The van der Waals surface area contributed by atoms with E-state index in [-0.39, 0.29) is 5.41 Å². The molecule has 0 amide bonds. The van der Waals surface area contributed by atoms with Crippen molar-refractivity contribution in [2.45, 2.75) is 52.9 Å². The van der Waals surface area contributed by atoms with E-state index in [9.17, 15) is 4.79 Å². The topological polar surface area (TPSA) is 17.1 Å². The van der Waals surface area contributed by atoms with Gasteiger partial charge in [0.2, 0.25) is 0 Å². The molecule has 26 heavy (non-hydrogen) atoms. The molecule has 4 bridgehead atoms. The predicted molar refractivity (Wildman–Crippen MR) is 107 cm³/mol. The third kappa shape index (κ3) is 1.89. The molecule has 2 aromatic rings. The fraction of sp³-hybridized carbons (Fsp3) is 0.480. The molecule has 6 rings (SSSR count). The summed E-state index contributed by atoms with van der Waals surface area (Å²) in [5.41, 5.74) is 4.60. The van der Waals surface area contributed by atoms with Gasteiger partial charge in [-0.15, -0.1) is 0 Å². The van der Waals surface area contributed by atoms with Gasteiger partial charge < -0.3 is 0 Å². The Bertz CT molecular complexity index is 958. The number of hydrogen-bond acceptors (Lipinski definition) is 1. The largest absolute Gasteiger partial charge is 0.299 e. The van der Waals surface area contributed by atoms with Crippen molar-refractivity contribution in [1.82, 2.24) is 0 Å². The van der Waals surface area contributed by atoms with E-state index >= 15 is 0 Å². The van der Waals surface area contributed by atoms with E-state index < -0.39 is 0 Å². The van der Waals surface area contributed by atoms with Gasteiger partial charge in [-0.1, -0.05) is 67.5 Å². The fourth-order valence-corrected chi connectivity index (χ4v) is 6.98. The lowest BCUT2D eigenvalue weighted by atomic mass is 9.45. The van der Waals surface area contributed by atoms with Gasteiger partial charge >= 0.3 is 0 Å². The minimum atomic E-state index is -0.227. The average Bonchev–Trinajstić information content (AvgIpc) is 2.83. The molecule has 134 valence electrons. The molecule has 1 nitrogen and oxygen atoms in total. The molecule has 0 spiro atoms. The molecule has 0 radical (unpaired) electrons. The maximum Gasteiger partial charge on any atom is 0.139 e. The summed E-state index contributed by atoms with van der Waals surface area (Å²) >= 11 is 0. The molecule has 0 unspecified atom stereocenters. The minimum Gasteiger partial charge on any atom is -0.299 e. The highest BCUT2D eigenvalue weighted by molar-refractivity contribution is 5.92. The first-order valence-electron chi connectivity index (χ1n) is 10.0. The summed E-state index contributed by atoms with van der Waals surface area (Å²) in [6.07, 6.45) is 3.02. The Morgan fingerprint density at radius 3 is 2.54 bits per heavy atom. The van der Waals surface area contributed by atoms with Crippen LogP contribution in [-0.4, -0.2) is 5.78 Å². The number of ketones is 1. The number of Topliss-reactive ketones (excluding diaryl/α,β-unsaturated/α-hetero) is 1. The van der Waals surface area contributed by atoms with Crippen LogP contribution in [0.15, 0.2) is 53.6 Å². The molecular weight excluding hydrogens is 316 g/mol. The number of benzene rings is 2. The minimum absolute atomic E-state index is 0.227. The Balaban J connectivity index is 1.80. The van der Waals surface area contributed by atoms with Crippen LogP contribution in [0.4, 0.5) is 0 Å². The molecule has 2 aromatic carbocycles. The maximum absolute atomic E-state index is 13.2. The lowest BCUT2D eigenvalue weighted by molar-refractivity contribution is -0.150. The monoisotopic (exact) mass is 344 g/mol. The first-order chi connectivity index (χ1) is 12.3. The molecule has 5 atom stereocenters. The van der Waals surface area contributed by atoms with Gasteiger partial charge in [-0.05, 0) is 60.3 Å². The van der Waals surface area contributed by atoms with E-state index in [0.29, 0.717) is 29.0 Å². The van der Waals surface area contributed by atoms with Crippen molar-refractivity contribution in [2.75, 3.05) is 0 Å². The van der Waals surface area contributed by atoms with Crippen molar-refractivity contribution >= 4 is 16.6 Å². The highest BCUT2D eigenvalue weighted by Crippen LogP contribution is 2.73. The van der Waals surface area contributed by atoms with Gasteiger partial charge in [0.15, 0.2) is 0 Å². The Hall–Kier alpha value is -1.89. The zero-order valence-electron chi connectivity index (χ0n) is 16.3. The first kappa shape index (κ1) is 16.3. The SMILES string of the molecule is CC(C)=C1C[C@]2(C)C[C@@]3(C)C(=O)C[C@@H]2[C@@H]1[C@@H]3c1cccc2ccccc12.